The summed E-state index contributed by atoms with van der Waals surface area (Å²) in [5.41, 5.74) is 5.33. The Bertz CT molecular complexity index is 196. The van der Waals surface area contributed by atoms with Crippen molar-refractivity contribution < 1.29 is 9.90 Å². The highest BCUT2D eigenvalue weighted by Gasteiger charge is 2.15. The molecule has 0 radical (unpaired) electrons. The van der Waals surface area contributed by atoms with E-state index in [1.807, 2.05) is 24.3 Å². The Morgan fingerprint density at radius 2 is 2.09 bits per heavy atom. The van der Waals surface area contributed by atoms with Crippen LogP contribution in [0.15, 0.2) is 24.3 Å². The van der Waals surface area contributed by atoms with Gasteiger partial charge in [0.25, 0.3) is 0 Å². The molecule has 0 spiro atoms. The third kappa shape index (κ3) is 2.20. The van der Waals surface area contributed by atoms with Crippen molar-refractivity contribution in [1.29, 1.82) is 0 Å². The summed E-state index contributed by atoms with van der Waals surface area (Å²) in [4.78, 5) is 10.3. The van der Waals surface area contributed by atoms with E-state index in [0.717, 1.165) is 0 Å². The predicted octanol–water partition coefficient (Wildman–Crippen LogP) is 0.531. The number of aliphatic carboxylic acids is 1. The Hall–Kier alpha value is -1.09. The molecular formula is C8H11NO2. The van der Waals surface area contributed by atoms with Gasteiger partial charge in [-0.1, -0.05) is 24.3 Å². The van der Waals surface area contributed by atoms with E-state index in [4.69, 9.17) is 10.8 Å². The molecule has 3 nitrogen and oxygen atoms in total. The average Bonchev–Trinajstić information content (AvgIpc) is 2.39. The fraction of sp³-hybridized carbons (Fsp3) is 0.375. The van der Waals surface area contributed by atoms with E-state index in [1.54, 1.807) is 0 Å². The summed E-state index contributed by atoms with van der Waals surface area (Å²) >= 11 is 0. The van der Waals surface area contributed by atoms with Gasteiger partial charge in [-0.2, -0.15) is 0 Å². The maximum atomic E-state index is 10.3. The molecule has 0 aromatic rings. The van der Waals surface area contributed by atoms with Gasteiger partial charge < -0.3 is 10.8 Å². The van der Waals surface area contributed by atoms with Gasteiger partial charge >= 0.3 is 5.97 Å². The fourth-order valence-corrected chi connectivity index (χ4v) is 1.03. The standard InChI is InChI=1S/C8H11NO2/c9-7(8(10)11)5-6-3-1-2-4-6/h1-4,6-7H,5,9H2,(H,10,11). The largest absolute Gasteiger partial charge is 0.480 e. The van der Waals surface area contributed by atoms with Crippen LogP contribution in [0.2, 0.25) is 0 Å². The summed E-state index contributed by atoms with van der Waals surface area (Å²) in [5.74, 6) is -0.722. The van der Waals surface area contributed by atoms with Crippen LogP contribution in [0.25, 0.3) is 0 Å². The number of allylic oxidation sites excluding steroid dienone is 4. The van der Waals surface area contributed by atoms with Gasteiger partial charge in [0.15, 0.2) is 0 Å². The molecule has 0 aromatic heterocycles. The van der Waals surface area contributed by atoms with Crippen LogP contribution in [0.1, 0.15) is 6.42 Å². The summed E-state index contributed by atoms with van der Waals surface area (Å²) in [6, 6.07) is -0.743. The molecule has 0 bridgehead atoms. The molecule has 3 N–H and O–H groups in total. The first-order chi connectivity index (χ1) is 5.20. The molecule has 1 unspecified atom stereocenters. The molecule has 1 rings (SSSR count). The third-order valence-electron chi connectivity index (χ3n) is 1.67. The van der Waals surface area contributed by atoms with E-state index in [-0.39, 0.29) is 5.92 Å². The van der Waals surface area contributed by atoms with Crippen molar-refractivity contribution in [2.75, 3.05) is 0 Å². The minimum Gasteiger partial charge on any atom is -0.480 e. The number of carboxylic acids is 1. The summed E-state index contributed by atoms with van der Waals surface area (Å²) in [7, 11) is 0. The molecule has 1 atom stereocenters. The van der Waals surface area contributed by atoms with Gasteiger partial charge in [-0.25, -0.2) is 0 Å². The van der Waals surface area contributed by atoms with E-state index in [2.05, 4.69) is 0 Å². The van der Waals surface area contributed by atoms with Crippen molar-refractivity contribution in [3.05, 3.63) is 24.3 Å². The van der Waals surface area contributed by atoms with Crippen molar-refractivity contribution in [2.24, 2.45) is 11.7 Å². The highest BCUT2D eigenvalue weighted by atomic mass is 16.4. The van der Waals surface area contributed by atoms with E-state index in [1.165, 1.54) is 0 Å². The Labute approximate surface area is 65.2 Å². The summed E-state index contributed by atoms with van der Waals surface area (Å²) in [5, 5.41) is 8.47. The lowest BCUT2D eigenvalue weighted by Crippen LogP contribution is -2.31. The highest BCUT2D eigenvalue weighted by molar-refractivity contribution is 5.73. The summed E-state index contributed by atoms with van der Waals surface area (Å²) in [6.07, 6.45) is 8.19. The Morgan fingerprint density at radius 1 is 1.55 bits per heavy atom. The molecule has 3 heteroatoms. The molecule has 11 heavy (non-hydrogen) atoms. The van der Waals surface area contributed by atoms with Gasteiger partial charge in [0.2, 0.25) is 0 Å². The number of carboxylic acid groups (broad SMARTS) is 1. The molecule has 1 aliphatic carbocycles. The van der Waals surface area contributed by atoms with Gasteiger partial charge in [-0.3, -0.25) is 4.79 Å². The SMILES string of the molecule is NC(CC1C=CC=C1)C(=O)O. The van der Waals surface area contributed by atoms with Crippen molar-refractivity contribution in [3.63, 3.8) is 0 Å². The number of carbonyl (C=O) groups is 1. The molecule has 0 saturated heterocycles. The molecular weight excluding hydrogens is 142 g/mol. The summed E-state index contributed by atoms with van der Waals surface area (Å²) in [6.45, 7) is 0. The number of rotatable bonds is 3. The van der Waals surface area contributed by atoms with Crippen molar-refractivity contribution in [2.45, 2.75) is 12.5 Å². The zero-order valence-electron chi connectivity index (χ0n) is 6.10. The van der Waals surface area contributed by atoms with E-state index in [0.29, 0.717) is 6.42 Å². The van der Waals surface area contributed by atoms with E-state index in [9.17, 15) is 4.79 Å². The molecule has 1 aliphatic rings. The van der Waals surface area contributed by atoms with Gasteiger partial charge in [0.1, 0.15) is 6.04 Å². The Kier molecular flexibility index (Phi) is 2.44. The highest BCUT2D eigenvalue weighted by Crippen LogP contribution is 2.14. The fourth-order valence-electron chi connectivity index (χ4n) is 1.03. The normalized spacial score (nSPS) is 19.0. The van der Waals surface area contributed by atoms with Crippen LogP contribution in [0.3, 0.4) is 0 Å². The molecule has 0 amide bonds. The Morgan fingerprint density at radius 3 is 2.55 bits per heavy atom. The quantitative estimate of drug-likeness (QED) is 0.621. The monoisotopic (exact) mass is 153 g/mol. The molecule has 0 heterocycles. The first kappa shape index (κ1) is 8.01. The van der Waals surface area contributed by atoms with Crippen LogP contribution in [0, 0.1) is 5.92 Å². The van der Waals surface area contributed by atoms with Crippen LogP contribution in [-0.4, -0.2) is 17.1 Å². The van der Waals surface area contributed by atoms with Crippen LogP contribution in [-0.2, 0) is 4.79 Å². The maximum Gasteiger partial charge on any atom is 0.320 e. The molecule has 0 saturated carbocycles. The van der Waals surface area contributed by atoms with Crippen LogP contribution < -0.4 is 5.73 Å². The van der Waals surface area contributed by atoms with Crippen LogP contribution >= 0.6 is 0 Å². The lowest BCUT2D eigenvalue weighted by molar-refractivity contribution is -0.138. The topological polar surface area (TPSA) is 63.3 Å². The number of hydrogen-bond donors (Lipinski definition) is 2. The maximum absolute atomic E-state index is 10.3. The van der Waals surface area contributed by atoms with Gasteiger partial charge in [-0.05, 0) is 12.3 Å². The second kappa shape index (κ2) is 3.34. The minimum absolute atomic E-state index is 0.209. The van der Waals surface area contributed by atoms with E-state index < -0.39 is 12.0 Å². The Balaban J connectivity index is 2.36. The summed E-state index contributed by atoms with van der Waals surface area (Å²) < 4.78 is 0. The lowest BCUT2D eigenvalue weighted by atomic mass is 10.0. The molecule has 0 aliphatic heterocycles. The number of hydrogen-bond acceptors (Lipinski definition) is 2. The zero-order valence-corrected chi connectivity index (χ0v) is 6.10. The number of nitrogens with two attached hydrogens (primary N) is 1. The molecule has 0 fully saturated rings. The predicted molar refractivity (Wildman–Crippen MR) is 42.0 cm³/mol. The first-order valence-corrected chi connectivity index (χ1v) is 3.53. The molecule has 0 aromatic carbocycles. The van der Waals surface area contributed by atoms with Gasteiger partial charge in [0, 0.05) is 0 Å². The minimum atomic E-state index is -0.932. The average molecular weight is 153 g/mol. The van der Waals surface area contributed by atoms with Crippen LogP contribution in [0.5, 0.6) is 0 Å². The second-order valence-electron chi connectivity index (χ2n) is 2.61. The van der Waals surface area contributed by atoms with Gasteiger partial charge in [0.05, 0.1) is 0 Å². The second-order valence-corrected chi connectivity index (χ2v) is 2.61. The van der Waals surface area contributed by atoms with E-state index >= 15 is 0 Å². The first-order valence-electron chi connectivity index (χ1n) is 3.53. The van der Waals surface area contributed by atoms with Gasteiger partial charge in [-0.15, -0.1) is 0 Å². The lowest BCUT2D eigenvalue weighted by Gasteiger charge is -2.08. The van der Waals surface area contributed by atoms with Crippen molar-refractivity contribution in [1.82, 2.24) is 0 Å². The zero-order chi connectivity index (χ0) is 8.27. The molecule has 60 valence electrons. The van der Waals surface area contributed by atoms with Crippen molar-refractivity contribution >= 4 is 5.97 Å². The van der Waals surface area contributed by atoms with Crippen molar-refractivity contribution in [3.8, 4) is 0 Å². The third-order valence-corrected chi connectivity index (χ3v) is 1.67. The smallest absolute Gasteiger partial charge is 0.320 e. The van der Waals surface area contributed by atoms with Crippen LogP contribution in [0.4, 0.5) is 0 Å².